The van der Waals surface area contributed by atoms with Gasteiger partial charge in [0.2, 0.25) is 0 Å². The van der Waals surface area contributed by atoms with Crippen LogP contribution in [0.2, 0.25) is 0 Å². The quantitative estimate of drug-likeness (QED) is 0.289. The number of nitrogens with zero attached hydrogens (tertiary/aromatic N) is 1. The second-order valence-corrected chi connectivity index (χ2v) is 8.20. The van der Waals surface area contributed by atoms with Gasteiger partial charge in [-0.1, -0.05) is 60.7 Å². The molecule has 1 saturated heterocycles. The van der Waals surface area contributed by atoms with Gasteiger partial charge in [-0.05, 0) is 66.7 Å². The van der Waals surface area contributed by atoms with E-state index in [0.29, 0.717) is 17.4 Å². The van der Waals surface area contributed by atoms with Crippen LogP contribution in [0.4, 0.5) is 0 Å². The van der Waals surface area contributed by atoms with Gasteiger partial charge in [-0.2, -0.15) is 0 Å². The van der Waals surface area contributed by atoms with E-state index >= 15 is 0 Å². The average molecular weight is 466 g/mol. The molecule has 0 spiro atoms. The highest BCUT2D eigenvalue weighted by atomic mass is 32.1. The molecule has 5 rings (SSSR count). The first-order valence-corrected chi connectivity index (χ1v) is 11.5. The summed E-state index contributed by atoms with van der Waals surface area (Å²) in [5.74, 6) is 0.586. The predicted molar refractivity (Wildman–Crippen MR) is 140 cm³/mol. The zero-order chi connectivity index (χ0) is 23.5. The molecular formula is C28H23N3O2S. The van der Waals surface area contributed by atoms with Crippen LogP contribution in [-0.2, 0) is 4.79 Å². The van der Waals surface area contributed by atoms with Gasteiger partial charge < -0.3 is 14.6 Å². The highest BCUT2D eigenvalue weighted by molar-refractivity contribution is 7.80. The van der Waals surface area contributed by atoms with Gasteiger partial charge in [-0.15, -0.1) is 0 Å². The van der Waals surface area contributed by atoms with Crippen molar-refractivity contribution in [1.29, 1.82) is 0 Å². The molecule has 0 atom stereocenters. The lowest BCUT2D eigenvalue weighted by Gasteiger charge is -2.16. The van der Waals surface area contributed by atoms with E-state index in [1.54, 1.807) is 0 Å². The maximum absolute atomic E-state index is 12.4. The summed E-state index contributed by atoms with van der Waals surface area (Å²) in [5.41, 5.74) is 6.40. The third kappa shape index (κ3) is 4.23. The van der Waals surface area contributed by atoms with Crippen LogP contribution >= 0.6 is 12.2 Å². The van der Waals surface area contributed by atoms with Crippen molar-refractivity contribution in [2.24, 2.45) is 0 Å². The van der Waals surface area contributed by atoms with Gasteiger partial charge >= 0.3 is 0 Å². The molecule has 1 aliphatic heterocycles. The van der Waals surface area contributed by atoms with Gasteiger partial charge in [0.15, 0.2) is 5.11 Å². The van der Waals surface area contributed by atoms with Crippen molar-refractivity contribution in [3.63, 3.8) is 0 Å². The summed E-state index contributed by atoms with van der Waals surface area (Å²) in [7, 11) is 0. The summed E-state index contributed by atoms with van der Waals surface area (Å²) in [6.07, 6.45) is 1.86. The Morgan fingerprint density at radius 2 is 1.53 bits per heavy atom. The van der Waals surface area contributed by atoms with E-state index in [4.69, 9.17) is 17.0 Å². The van der Waals surface area contributed by atoms with Crippen LogP contribution in [-0.4, -0.2) is 22.2 Å². The first kappa shape index (κ1) is 21.7. The van der Waals surface area contributed by atoms with Crippen LogP contribution in [0.1, 0.15) is 12.5 Å². The van der Waals surface area contributed by atoms with E-state index in [9.17, 15) is 4.79 Å². The second kappa shape index (κ2) is 9.37. The number of amides is 1. The summed E-state index contributed by atoms with van der Waals surface area (Å²) in [6.45, 7) is 2.58. The Morgan fingerprint density at radius 1 is 0.882 bits per heavy atom. The molecule has 0 saturated carbocycles. The number of ether oxygens (including phenoxy) is 1. The summed E-state index contributed by atoms with van der Waals surface area (Å²) < 4.78 is 7.88. The molecule has 0 unspecified atom stereocenters. The zero-order valence-electron chi connectivity index (χ0n) is 18.6. The fourth-order valence-electron chi connectivity index (χ4n) is 4.12. The second-order valence-electron chi connectivity index (χ2n) is 7.79. The molecule has 0 bridgehead atoms. The van der Waals surface area contributed by atoms with E-state index in [-0.39, 0.29) is 5.91 Å². The highest BCUT2D eigenvalue weighted by Gasteiger charge is 2.23. The smallest absolute Gasteiger partial charge is 0.273 e. The van der Waals surface area contributed by atoms with E-state index in [1.165, 1.54) is 0 Å². The fourth-order valence-corrected chi connectivity index (χ4v) is 4.32. The zero-order valence-corrected chi connectivity index (χ0v) is 19.4. The van der Waals surface area contributed by atoms with E-state index in [1.807, 2.05) is 61.5 Å². The van der Waals surface area contributed by atoms with Crippen molar-refractivity contribution >= 4 is 29.3 Å². The Bertz CT molecular complexity index is 1370. The molecular weight excluding hydrogens is 442 g/mol. The molecule has 5 nitrogen and oxygen atoms in total. The SMILES string of the molecule is CCOc1ccc(-n2c(-c3ccccc3)cc(/C=C3\NC(=S)NC3=O)c2-c2ccccc2)cc1. The molecule has 1 amide bonds. The molecule has 34 heavy (non-hydrogen) atoms. The molecule has 0 aliphatic carbocycles. The van der Waals surface area contributed by atoms with Crippen LogP contribution in [0.15, 0.2) is 96.7 Å². The van der Waals surface area contributed by atoms with Gasteiger partial charge in [0.1, 0.15) is 11.4 Å². The van der Waals surface area contributed by atoms with Gasteiger partial charge in [0, 0.05) is 11.3 Å². The molecule has 0 radical (unpaired) electrons. The number of carbonyl (C=O) groups is 1. The van der Waals surface area contributed by atoms with Crippen LogP contribution in [0, 0.1) is 0 Å². The molecule has 1 aliphatic rings. The predicted octanol–water partition coefficient (Wildman–Crippen LogP) is 5.56. The van der Waals surface area contributed by atoms with Crippen molar-refractivity contribution in [1.82, 2.24) is 15.2 Å². The lowest BCUT2D eigenvalue weighted by Crippen LogP contribution is -2.21. The number of benzene rings is 3. The summed E-state index contributed by atoms with van der Waals surface area (Å²) >= 11 is 5.13. The number of thiocarbonyl (C=S) groups is 1. The van der Waals surface area contributed by atoms with Gasteiger partial charge in [-0.25, -0.2) is 0 Å². The number of nitrogens with one attached hydrogen (secondary N) is 2. The summed E-state index contributed by atoms with van der Waals surface area (Å²) in [4.78, 5) is 12.4. The van der Waals surface area contributed by atoms with Gasteiger partial charge in [0.05, 0.1) is 18.0 Å². The van der Waals surface area contributed by atoms with Gasteiger partial charge in [-0.3, -0.25) is 10.1 Å². The Kier molecular flexibility index (Phi) is 5.97. The Hall–Kier alpha value is -4.16. The number of hydrogen-bond donors (Lipinski definition) is 2. The largest absolute Gasteiger partial charge is 0.494 e. The Balaban J connectivity index is 1.78. The fraction of sp³-hybridized carbons (Fsp3) is 0.0714. The molecule has 3 aromatic carbocycles. The van der Waals surface area contributed by atoms with Crippen molar-refractivity contribution in [3.8, 4) is 34.0 Å². The lowest BCUT2D eigenvalue weighted by atomic mass is 10.1. The van der Waals surface area contributed by atoms with Crippen molar-refractivity contribution in [2.75, 3.05) is 6.61 Å². The van der Waals surface area contributed by atoms with Crippen LogP contribution in [0.5, 0.6) is 5.75 Å². The third-order valence-electron chi connectivity index (χ3n) is 5.57. The number of carbonyl (C=O) groups excluding carboxylic acids is 1. The summed E-state index contributed by atoms with van der Waals surface area (Å²) in [5, 5.41) is 5.92. The van der Waals surface area contributed by atoms with E-state index < -0.39 is 0 Å². The Morgan fingerprint density at radius 3 is 2.12 bits per heavy atom. The molecule has 168 valence electrons. The average Bonchev–Trinajstić information content (AvgIpc) is 3.40. The molecule has 6 heteroatoms. The minimum absolute atomic E-state index is 0.237. The maximum Gasteiger partial charge on any atom is 0.273 e. The lowest BCUT2D eigenvalue weighted by molar-refractivity contribution is -0.115. The normalized spacial score (nSPS) is 14.2. The number of aromatic nitrogens is 1. The molecule has 1 aromatic heterocycles. The first-order chi connectivity index (χ1) is 16.6. The van der Waals surface area contributed by atoms with Crippen LogP contribution in [0.3, 0.4) is 0 Å². The first-order valence-electron chi connectivity index (χ1n) is 11.1. The molecule has 1 fully saturated rings. The topological polar surface area (TPSA) is 55.3 Å². The van der Waals surface area contributed by atoms with Crippen molar-refractivity contribution < 1.29 is 9.53 Å². The Labute approximate surface area is 203 Å². The number of hydrogen-bond acceptors (Lipinski definition) is 3. The standard InChI is InChI=1S/C28H23N3O2S/c1-2-33-23-15-13-22(14-16-23)31-25(19-9-5-3-6-10-19)18-21(17-24-27(32)30-28(34)29-24)26(31)20-11-7-4-8-12-20/h3-18H,2H2,1H3,(H2,29,30,32,34)/b24-17-. The van der Waals surface area contributed by atoms with Gasteiger partial charge in [0.25, 0.3) is 5.91 Å². The van der Waals surface area contributed by atoms with Crippen molar-refractivity contribution in [2.45, 2.75) is 6.92 Å². The summed E-state index contributed by atoms with van der Waals surface area (Å²) in [6, 6.07) is 30.6. The van der Waals surface area contributed by atoms with Crippen LogP contribution < -0.4 is 15.4 Å². The van der Waals surface area contributed by atoms with E-state index in [0.717, 1.165) is 39.5 Å². The maximum atomic E-state index is 12.4. The minimum Gasteiger partial charge on any atom is -0.494 e. The molecule has 4 aromatic rings. The highest BCUT2D eigenvalue weighted by Crippen LogP contribution is 2.37. The van der Waals surface area contributed by atoms with Crippen molar-refractivity contribution in [3.05, 3.63) is 102 Å². The third-order valence-corrected chi connectivity index (χ3v) is 5.78. The monoisotopic (exact) mass is 465 g/mol. The minimum atomic E-state index is -0.237. The van der Waals surface area contributed by atoms with E-state index in [2.05, 4.69) is 57.7 Å². The van der Waals surface area contributed by atoms with Crippen LogP contribution in [0.25, 0.3) is 34.3 Å². The molecule has 2 N–H and O–H groups in total. The molecule has 2 heterocycles. The number of rotatable bonds is 6.